The molecule has 0 atom stereocenters. The second kappa shape index (κ2) is 7.74. The van der Waals surface area contributed by atoms with Gasteiger partial charge in [-0.05, 0) is 51.8 Å². The molecule has 1 aliphatic carbocycles. The van der Waals surface area contributed by atoms with Crippen LogP contribution in [0.3, 0.4) is 0 Å². The van der Waals surface area contributed by atoms with Gasteiger partial charge in [-0.2, -0.15) is 5.10 Å². The maximum Gasteiger partial charge on any atom is 0.213 e. The van der Waals surface area contributed by atoms with E-state index in [9.17, 15) is 9.90 Å². The minimum atomic E-state index is -1.00. The second-order valence-corrected chi connectivity index (χ2v) is 10.2. The number of carbonyl (C=O) groups excluding carboxylic acids is 1. The molecular weight excluding hydrogens is 406 g/mol. The summed E-state index contributed by atoms with van der Waals surface area (Å²) in [6.45, 7) is 5.44. The van der Waals surface area contributed by atoms with E-state index in [0.29, 0.717) is 28.9 Å². The number of ether oxygens (including phenoxy) is 1. The van der Waals surface area contributed by atoms with Gasteiger partial charge >= 0.3 is 0 Å². The number of rotatable bonds is 5. The fraction of sp³-hybridized carbons (Fsp3) is 0.476. The van der Waals surface area contributed by atoms with Crippen molar-refractivity contribution in [2.75, 3.05) is 7.11 Å². The molecule has 0 aliphatic heterocycles. The van der Waals surface area contributed by atoms with Crippen LogP contribution in [0.5, 0.6) is 5.75 Å². The molecule has 1 aromatic carbocycles. The van der Waals surface area contributed by atoms with E-state index in [1.807, 2.05) is 23.6 Å². The minimum Gasteiger partial charge on any atom is -0.496 e. The highest BCUT2D eigenvalue weighted by molar-refractivity contribution is 8.00. The number of aryl methyl sites for hydroxylation is 1. The number of ketones is 1. The molecule has 1 aliphatic rings. The van der Waals surface area contributed by atoms with Crippen LogP contribution in [-0.2, 0) is 10.4 Å². The molecule has 2 aromatic heterocycles. The summed E-state index contributed by atoms with van der Waals surface area (Å²) >= 11 is 3.19. The number of hydrogen-bond donors (Lipinski definition) is 1. The maximum absolute atomic E-state index is 11.6. The third-order valence-electron chi connectivity index (χ3n) is 5.12. The standard InChI is InChI=1S/C21H25N3O3S2/c1-12-18(24-20(22-12)29-19(23-24)21(2,3)26)13-5-10-16(27-4)17(11-13)28-15-8-6-14(25)7-9-15/h5,10-11,15,26H,6-9H2,1-4H3. The Kier molecular flexibility index (Phi) is 5.44. The first-order valence-corrected chi connectivity index (χ1v) is 11.4. The van der Waals surface area contributed by atoms with Crippen LogP contribution in [0.15, 0.2) is 23.1 Å². The van der Waals surface area contributed by atoms with Gasteiger partial charge in [-0.25, -0.2) is 9.50 Å². The summed E-state index contributed by atoms with van der Waals surface area (Å²) in [5.74, 6) is 1.20. The molecule has 0 amide bonds. The van der Waals surface area contributed by atoms with Crippen molar-refractivity contribution in [3.05, 3.63) is 28.9 Å². The van der Waals surface area contributed by atoms with Crippen LogP contribution in [0.25, 0.3) is 16.2 Å². The minimum absolute atomic E-state index is 0.367. The Morgan fingerprint density at radius 3 is 2.69 bits per heavy atom. The number of imidazole rings is 1. The highest BCUT2D eigenvalue weighted by Gasteiger charge is 2.25. The number of benzene rings is 1. The first kappa shape index (κ1) is 20.4. The SMILES string of the molecule is COc1ccc(-c2c(C)nc3sc(C(C)(C)O)nn23)cc1SC1CCC(=O)CC1. The molecule has 29 heavy (non-hydrogen) atoms. The molecule has 1 N–H and O–H groups in total. The largest absolute Gasteiger partial charge is 0.496 e. The predicted molar refractivity (Wildman–Crippen MR) is 116 cm³/mol. The molecule has 0 saturated heterocycles. The molecule has 8 heteroatoms. The number of hydrogen-bond acceptors (Lipinski definition) is 7. The maximum atomic E-state index is 11.6. The van der Waals surface area contributed by atoms with Gasteiger partial charge in [0, 0.05) is 23.7 Å². The molecule has 6 nitrogen and oxygen atoms in total. The van der Waals surface area contributed by atoms with Crippen molar-refractivity contribution >= 4 is 33.8 Å². The number of aliphatic hydroxyl groups is 1. The van der Waals surface area contributed by atoms with Crippen molar-refractivity contribution in [1.29, 1.82) is 0 Å². The average molecular weight is 432 g/mol. The summed E-state index contributed by atoms with van der Waals surface area (Å²) in [7, 11) is 1.68. The Bertz CT molecular complexity index is 1060. The van der Waals surface area contributed by atoms with E-state index in [4.69, 9.17) is 4.74 Å². The number of methoxy groups -OCH3 is 1. The molecule has 4 rings (SSSR count). The molecule has 1 fully saturated rings. The topological polar surface area (TPSA) is 76.7 Å². The van der Waals surface area contributed by atoms with E-state index in [2.05, 4.69) is 16.1 Å². The fourth-order valence-corrected chi connectivity index (χ4v) is 5.79. The Morgan fingerprint density at radius 2 is 2.03 bits per heavy atom. The number of Topliss-reactive ketones (excluding diaryl/α,β-unsaturated/α-hetero) is 1. The zero-order chi connectivity index (χ0) is 20.8. The van der Waals surface area contributed by atoms with Crippen LogP contribution in [-0.4, -0.2) is 37.8 Å². The van der Waals surface area contributed by atoms with E-state index in [-0.39, 0.29) is 0 Å². The lowest BCUT2D eigenvalue weighted by Gasteiger charge is -2.21. The Labute approximate surface area is 178 Å². The van der Waals surface area contributed by atoms with Gasteiger partial charge < -0.3 is 9.84 Å². The number of nitrogens with zero attached hydrogens (tertiary/aromatic N) is 3. The lowest BCUT2D eigenvalue weighted by Crippen LogP contribution is -2.15. The zero-order valence-corrected chi connectivity index (χ0v) is 18.7. The fourth-order valence-electron chi connectivity index (χ4n) is 3.55. The molecule has 0 unspecified atom stereocenters. The zero-order valence-electron chi connectivity index (χ0n) is 17.1. The summed E-state index contributed by atoms with van der Waals surface area (Å²) in [6, 6.07) is 6.13. The smallest absolute Gasteiger partial charge is 0.213 e. The van der Waals surface area contributed by atoms with E-state index >= 15 is 0 Å². The molecule has 2 heterocycles. The quantitative estimate of drug-likeness (QED) is 0.636. The summed E-state index contributed by atoms with van der Waals surface area (Å²) in [4.78, 5) is 18.0. The highest BCUT2D eigenvalue weighted by Crippen LogP contribution is 2.40. The van der Waals surface area contributed by atoms with Crippen LogP contribution in [0.2, 0.25) is 0 Å². The number of fused-ring (bicyclic) bond motifs is 1. The Balaban J connectivity index is 1.72. The van der Waals surface area contributed by atoms with Gasteiger partial charge in [0.1, 0.15) is 22.1 Å². The van der Waals surface area contributed by atoms with Crippen LogP contribution in [0.4, 0.5) is 0 Å². The van der Waals surface area contributed by atoms with E-state index in [1.165, 1.54) is 11.3 Å². The van der Waals surface area contributed by atoms with Gasteiger partial charge in [0.15, 0.2) is 0 Å². The van der Waals surface area contributed by atoms with Crippen molar-refractivity contribution in [2.45, 2.75) is 62.2 Å². The number of aromatic nitrogens is 3. The van der Waals surface area contributed by atoms with Crippen LogP contribution < -0.4 is 4.74 Å². The normalized spacial score (nSPS) is 16.0. The van der Waals surface area contributed by atoms with Crippen LogP contribution in [0, 0.1) is 6.92 Å². The molecular formula is C21H25N3O3S2. The summed E-state index contributed by atoms with van der Waals surface area (Å²) in [6.07, 6.45) is 3.16. The molecule has 154 valence electrons. The number of carbonyl (C=O) groups is 1. The predicted octanol–water partition coefficient (Wildman–Crippen LogP) is 4.61. The molecule has 3 aromatic rings. The van der Waals surface area contributed by atoms with Gasteiger partial charge in [0.25, 0.3) is 0 Å². The van der Waals surface area contributed by atoms with Crippen molar-refractivity contribution in [1.82, 2.24) is 14.6 Å². The first-order valence-electron chi connectivity index (χ1n) is 9.72. The first-order chi connectivity index (χ1) is 13.8. The van der Waals surface area contributed by atoms with Gasteiger partial charge in [-0.15, -0.1) is 11.8 Å². The average Bonchev–Trinajstić information content (AvgIpc) is 3.20. The van der Waals surface area contributed by atoms with Crippen molar-refractivity contribution in [3.63, 3.8) is 0 Å². The molecule has 0 spiro atoms. The van der Waals surface area contributed by atoms with E-state index in [0.717, 1.165) is 45.4 Å². The Morgan fingerprint density at radius 1 is 1.31 bits per heavy atom. The van der Waals surface area contributed by atoms with Crippen LogP contribution in [0.1, 0.15) is 50.2 Å². The third-order valence-corrected chi connectivity index (χ3v) is 7.72. The van der Waals surface area contributed by atoms with Crippen LogP contribution >= 0.6 is 23.1 Å². The van der Waals surface area contributed by atoms with Gasteiger partial charge in [-0.1, -0.05) is 11.3 Å². The van der Waals surface area contributed by atoms with Gasteiger partial charge in [0.05, 0.1) is 23.4 Å². The van der Waals surface area contributed by atoms with Gasteiger partial charge in [-0.3, -0.25) is 4.79 Å². The summed E-state index contributed by atoms with van der Waals surface area (Å²) < 4.78 is 7.41. The Hall–Kier alpha value is -1.90. The summed E-state index contributed by atoms with van der Waals surface area (Å²) in [5, 5.41) is 16.0. The lowest BCUT2D eigenvalue weighted by atomic mass is 9.99. The van der Waals surface area contributed by atoms with Crippen molar-refractivity contribution < 1.29 is 14.6 Å². The van der Waals surface area contributed by atoms with E-state index < -0.39 is 5.60 Å². The number of thioether (sulfide) groups is 1. The molecule has 1 saturated carbocycles. The van der Waals surface area contributed by atoms with Crippen molar-refractivity contribution in [2.24, 2.45) is 0 Å². The third kappa shape index (κ3) is 4.06. The van der Waals surface area contributed by atoms with E-state index in [1.54, 1.807) is 32.7 Å². The van der Waals surface area contributed by atoms with Gasteiger partial charge in [0.2, 0.25) is 4.96 Å². The highest BCUT2D eigenvalue weighted by atomic mass is 32.2. The summed E-state index contributed by atoms with van der Waals surface area (Å²) in [5.41, 5.74) is 1.83. The molecule has 0 radical (unpaired) electrons. The van der Waals surface area contributed by atoms with Crippen molar-refractivity contribution in [3.8, 4) is 17.0 Å². The monoisotopic (exact) mass is 431 g/mol. The second-order valence-electron chi connectivity index (χ2n) is 7.93. The lowest BCUT2D eigenvalue weighted by molar-refractivity contribution is -0.120. The molecule has 0 bridgehead atoms.